The smallest absolute Gasteiger partial charge is 0.119 e. The first-order chi connectivity index (χ1) is 9.78. The minimum absolute atomic E-state index is 0.749. The van der Waals surface area contributed by atoms with E-state index >= 15 is 0 Å². The molecule has 108 valence electrons. The number of nitrogens with zero attached hydrogens (tertiary/aromatic N) is 2. The number of hydrogen-bond acceptors (Lipinski definition) is 2. The Balaban J connectivity index is 1.71. The lowest BCUT2D eigenvalue weighted by atomic mass is 10.0. The summed E-state index contributed by atoms with van der Waals surface area (Å²) in [5.74, 6) is 0.933. The first kappa shape index (κ1) is 13.5. The van der Waals surface area contributed by atoms with E-state index < -0.39 is 0 Å². The lowest BCUT2D eigenvalue weighted by molar-refractivity contribution is 0.171. The molecular formula is C17H24N2O. The molecule has 1 saturated heterocycles. The number of benzene rings is 1. The molecule has 1 fully saturated rings. The normalized spacial score (nSPS) is 20.4. The van der Waals surface area contributed by atoms with E-state index in [9.17, 15) is 0 Å². The van der Waals surface area contributed by atoms with E-state index in [0.717, 1.165) is 18.3 Å². The number of methoxy groups -OCH3 is 1. The molecular weight excluding hydrogens is 248 g/mol. The van der Waals surface area contributed by atoms with Gasteiger partial charge in [0, 0.05) is 29.7 Å². The molecule has 3 nitrogen and oxygen atoms in total. The minimum atomic E-state index is 0.749. The Morgan fingerprint density at radius 2 is 2.15 bits per heavy atom. The van der Waals surface area contributed by atoms with Gasteiger partial charge in [0.15, 0.2) is 0 Å². The van der Waals surface area contributed by atoms with Crippen LogP contribution in [0.1, 0.15) is 25.7 Å². The van der Waals surface area contributed by atoms with E-state index in [1.807, 2.05) is 6.07 Å². The molecule has 1 aromatic carbocycles. The summed E-state index contributed by atoms with van der Waals surface area (Å²) in [6.45, 7) is 2.36. The van der Waals surface area contributed by atoms with Crippen molar-refractivity contribution in [1.82, 2.24) is 9.47 Å². The standard InChI is InChI=1S/C17H24N2O/c1-18-10-4-3-5-15(18)9-12-19-11-8-14-13-16(20-2)6-7-17(14)19/h6-8,11,13,15H,3-5,9-10,12H2,1-2H3. The van der Waals surface area contributed by atoms with Crippen LogP contribution in [0.3, 0.4) is 0 Å². The van der Waals surface area contributed by atoms with E-state index in [4.69, 9.17) is 4.74 Å². The molecule has 1 aliphatic rings. The lowest BCUT2D eigenvalue weighted by Crippen LogP contribution is -2.36. The van der Waals surface area contributed by atoms with Gasteiger partial charge in [-0.15, -0.1) is 0 Å². The fourth-order valence-electron chi connectivity index (χ4n) is 3.30. The van der Waals surface area contributed by atoms with Crippen molar-refractivity contribution in [2.45, 2.75) is 38.3 Å². The fraction of sp³-hybridized carbons (Fsp3) is 0.529. The third-order valence-corrected chi connectivity index (χ3v) is 4.60. The largest absolute Gasteiger partial charge is 0.497 e. The van der Waals surface area contributed by atoms with Crippen LogP contribution in [0.5, 0.6) is 5.75 Å². The van der Waals surface area contributed by atoms with Gasteiger partial charge in [-0.3, -0.25) is 0 Å². The monoisotopic (exact) mass is 272 g/mol. The van der Waals surface area contributed by atoms with Gasteiger partial charge >= 0.3 is 0 Å². The number of piperidine rings is 1. The zero-order chi connectivity index (χ0) is 13.9. The van der Waals surface area contributed by atoms with Crippen LogP contribution in [0.2, 0.25) is 0 Å². The molecule has 0 spiro atoms. The maximum Gasteiger partial charge on any atom is 0.119 e. The summed E-state index contributed by atoms with van der Waals surface area (Å²) in [5, 5.41) is 1.27. The summed E-state index contributed by atoms with van der Waals surface area (Å²) in [5.41, 5.74) is 1.31. The molecule has 3 rings (SSSR count). The highest BCUT2D eigenvalue weighted by Gasteiger charge is 2.18. The van der Waals surface area contributed by atoms with Gasteiger partial charge in [-0.2, -0.15) is 0 Å². The summed E-state index contributed by atoms with van der Waals surface area (Å²) in [7, 11) is 3.99. The summed E-state index contributed by atoms with van der Waals surface area (Å²) >= 11 is 0. The van der Waals surface area contributed by atoms with Crippen molar-refractivity contribution in [1.29, 1.82) is 0 Å². The second-order valence-corrected chi connectivity index (χ2v) is 5.85. The number of likely N-dealkylation sites (tertiary alicyclic amines) is 1. The SMILES string of the molecule is COc1ccc2c(ccn2CCC2CCCCN2C)c1. The van der Waals surface area contributed by atoms with Gasteiger partial charge < -0.3 is 14.2 Å². The molecule has 0 aliphatic carbocycles. The van der Waals surface area contributed by atoms with Gasteiger partial charge in [0.25, 0.3) is 0 Å². The molecule has 0 radical (unpaired) electrons. The van der Waals surface area contributed by atoms with Crippen molar-refractivity contribution in [2.75, 3.05) is 20.7 Å². The average molecular weight is 272 g/mol. The summed E-state index contributed by atoms with van der Waals surface area (Å²) in [4.78, 5) is 2.53. The molecule has 0 saturated carbocycles. The first-order valence-electron chi connectivity index (χ1n) is 7.61. The van der Waals surface area contributed by atoms with Crippen LogP contribution in [-0.4, -0.2) is 36.2 Å². The van der Waals surface area contributed by atoms with Crippen LogP contribution in [-0.2, 0) is 6.54 Å². The molecule has 20 heavy (non-hydrogen) atoms. The fourth-order valence-corrected chi connectivity index (χ4v) is 3.30. The third-order valence-electron chi connectivity index (χ3n) is 4.60. The maximum absolute atomic E-state index is 5.28. The zero-order valence-electron chi connectivity index (χ0n) is 12.5. The Labute approximate surface area is 121 Å². The Morgan fingerprint density at radius 3 is 2.95 bits per heavy atom. The molecule has 2 aromatic rings. The Kier molecular flexibility index (Phi) is 3.97. The lowest BCUT2D eigenvalue weighted by Gasteiger charge is -2.32. The predicted octanol–water partition coefficient (Wildman–Crippen LogP) is 3.52. The molecule has 0 amide bonds. The molecule has 0 bridgehead atoms. The van der Waals surface area contributed by atoms with E-state index in [-0.39, 0.29) is 0 Å². The van der Waals surface area contributed by atoms with Gasteiger partial charge in [0.2, 0.25) is 0 Å². The van der Waals surface area contributed by atoms with Crippen molar-refractivity contribution in [3.8, 4) is 5.75 Å². The number of aryl methyl sites for hydroxylation is 1. The number of aromatic nitrogens is 1. The van der Waals surface area contributed by atoms with E-state index in [0.29, 0.717) is 0 Å². The molecule has 1 aliphatic heterocycles. The minimum Gasteiger partial charge on any atom is -0.497 e. The van der Waals surface area contributed by atoms with Crippen LogP contribution in [0, 0.1) is 0 Å². The van der Waals surface area contributed by atoms with E-state index in [2.05, 4.69) is 40.9 Å². The molecule has 1 aromatic heterocycles. The average Bonchev–Trinajstić information content (AvgIpc) is 2.88. The number of ether oxygens (including phenoxy) is 1. The van der Waals surface area contributed by atoms with Gasteiger partial charge in [0.05, 0.1) is 7.11 Å². The summed E-state index contributed by atoms with van der Waals surface area (Å²) in [6.07, 6.45) is 7.54. The van der Waals surface area contributed by atoms with Crippen LogP contribution < -0.4 is 4.74 Å². The van der Waals surface area contributed by atoms with Gasteiger partial charge in [-0.05, 0) is 57.1 Å². The second-order valence-electron chi connectivity index (χ2n) is 5.85. The van der Waals surface area contributed by atoms with E-state index in [1.54, 1.807) is 7.11 Å². The highest BCUT2D eigenvalue weighted by molar-refractivity contribution is 5.81. The Hall–Kier alpha value is -1.48. The zero-order valence-corrected chi connectivity index (χ0v) is 12.5. The van der Waals surface area contributed by atoms with Crippen LogP contribution in [0.15, 0.2) is 30.5 Å². The Bertz CT molecular complexity index is 575. The molecule has 0 N–H and O–H groups in total. The van der Waals surface area contributed by atoms with Crippen molar-refractivity contribution < 1.29 is 4.74 Å². The van der Waals surface area contributed by atoms with Crippen LogP contribution >= 0.6 is 0 Å². The second kappa shape index (κ2) is 5.88. The number of hydrogen-bond donors (Lipinski definition) is 0. The predicted molar refractivity (Wildman–Crippen MR) is 83.4 cm³/mol. The highest BCUT2D eigenvalue weighted by Crippen LogP contribution is 2.23. The van der Waals surface area contributed by atoms with Crippen molar-refractivity contribution in [3.63, 3.8) is 0 Å². The molecule has 1 atom stereocenters. The number of rotatable bonds is 4. The highest BCUT2D eigenvalue weighted by atomic mass is 16.5. The van der Waals surface area contributed by atoms with Gasteiger partial charge in [-0.1, -0.05) is 6.42 Å². The van der Waals surface area contributed by atoms with E-state index in [1.165, 1.54) is 43.1 Å². The van der Waals surface area contributed by atoms with Crippen LogP contribution in [0.25, 0.3) is 10.9 Å². The quantitative estimate of drug-likeness (QED) is 0.847. The van der Waals surface area contributed by atoms with Crippen LogP contribution in [0.4, 0.5) is 0 Å². The molecule has 2 heterocycles. The topological polar surface area (TPSA) is 17.4 Å². The van der Waals surface area contributed by atoms with Crippen molar-refractivity contribution >= 4 is 10.9 Å². The summed E-state index contributed by atoms with van der Waals surface area (Å²) < 4.78 is 7.66. The number of fused-ring (bicyclic) bond motifs is 1. The Morgan fingerprint density at radius 1 is 1.25 bits per heavy atom. The maximum atomic E-state index is 5.28. The van der Waals surface area contributed by atoms with Gasteiger partial charge in [-0.25, -0.2) is 0 Å². The van der Waals surface area contributed by atoms with Crippen molar-refractivity contribution in [2.24, 2.45) is 0 Å². The van der Waals surface area contributed by atoms with Gasteiger partial charge in [0.1, 0.15) is 5.75 Å². The molecule has 3 heteroatoms. The molecule has 1 unspecified atom stereocenters. The first-order valence-corrected chi connectivity index (χ1v) is 7.61. The summed E-state index contributed by atoms with van der Waals surface area (Å²) in [6, 6.07) is 9.25. The van der Waals surface area contributed by atoms with Crippen molar-refractivity contribution in [3.05, 3.63) is 30.5 Å². The third kappa shape index (κ3) is 2.68.